The van der Waals surface area contributed by atoms with Crippen LogP contribution in [0.3, 0.4) is 0 Å². The zero-order valence-corrected chi connectivity index (χ0v) is 16.7. The number of carbonyl (C=O) groups is 2. The van der Waals surface area contributed by atoms with Gasteiger partial charge in [-0.15, -0.1) is 0 Å². The third kappa shape index (κ3) is 4.26. The number of nitrogens with zero attached hydrogens (tertiary/aromatic N) is 3. The van der Waals surface area contributed by atoms with Crippen molar-refractivity contribution in [3.63, 3.8) is 0 Å². The SMILES string of the molecule is Cc1ccc(CN2CC(C(=O)N3CCN(c4ccccc4F)CC3)CC2=O)cc1. The molecule has 2 aliphatic heterocycles. The Morgan fingerprint density at radius 2 is 1.72 bits per heavy atom. The lowest BCUT2D eigenvalue weighted by Crippen LogP contribution is -2.50. The minimum absolute atomic E-state index is 0.0360. The highest BCUT2D eigenvalue weighted by Crippen LogP contribution is 2.25. The minimum atomic E-state index is -0.284. The third-order valence-electron chi connectivity index (χ3n) is 5.84. The number of rotatable bonds is 4. The van der Waals surface area contributed by atoms with Gasteiger partial charge in [0.1, 0.15) is 5.82 Å². The maximum atomic E-state index is 14.0. The van der Waals surface area contributed by atoms with E-state index >= 15 is 0 Å². The summed E-state index contributed by atoms with van der Waals surface area (Å²) in [6.07, 6.45) is 0.276. The topological polar surface area (TPSA) is 43.9 Å². The molecule has 0 N–H and O–H groups in total. The molecule has 152 valence electrons. The van der Waals surface area contributed by atoms with E-state index < -0.39 is 0 Å². The van der Waals surface area contributed by atoms with Crippen LogP contribution >= 0.6 is 0 Å². The van der Waals surface area contributed by atoms with Crippen LogP contribution in [0.2, 0.25) is 0 Å². The highest BCUT2D eigenvalue weighted by atomic mass is 19.1. The van der Waals surface area contributed by atoms with Crippen molar-refractivity contribution in [2.75, 3.05) is 37.6 Å². The van der Waals surface area contributed by atoms with Crippen molar-refractivity contribution in [1.29, 1.82) is 0 Å². The van der Waals surface area contributed by atoms with Gasteiger partial charge in [-0.2, -0.15) is 0 Å². The molecule has 0 radical (unpaired) electrons. The van der Waals surface area contributed by atoms with E-state index in [4.69, 9.17) is 0 Å². The molecule has 4 rings (SSSR count). The molecular formula is C23H26FN3O2. The monoisotopic (exact) mass is 395 g/mol. The maximum absolute atomic E-state index is 14.0. The molecule has 1 unspecified atom stereocenters. The summed E-state index contributed by atoms with van der Waals surface area (Å²) >= 11 is 0. The summed E-state index contributed by atoms with van der Waals surface area (Å²) in [4.78, 5) is 31.0. The summed E-state index contributed by atoms with van der Waals surface area (Å²) in [6, 6.07) is 14.9. The van der Waals surface area contributed by atoms with Gasteiger partial charge in [-0.1, -0.05) is 42.0 Å². The standard InChI is InChI=1S/C23H26FN3O2/c1-17-6-8-18(9-7-17)15-27-16-19(14-22(27)28)23(29)26-12-10-25(11-13-26)21-5-3-2-4-20(21)24/h2-9,19H,10-16H2,1H3. The van der Waals surface area contributed by atoms with Crippen molar-refractivity contribution < 1.29 is 14.0 Å². The van der Waals surface area contributed by atoms with Crippen LogP contribution in [0.15, 0.2) is 48.5 Å². The predicted molar refractivity (Wildman–Crippen MR) is 110 cm³/mol. The molecule has 29 heavy (non-hydrogen) atoms. The van der Waals surface area contributed by atoms with E-state index in [1.165, 1.54) is 11.6 Å². The van der Waals surface area contributed by atoms with Gasteiger partial charge in [0.15, 0.2) is 0 Å². The van der Waals surface area contributed by atoms with E-state index in [9.17, 15) is 14.0 Å². The van der Waals surface area contributed by atoms with Crippen LogP contribution in [0.5, 0.6) is 0 Å². The highest BCUT2D eigenvalue weighted by molar-refractivity contribution is 5.89. The first-order valence-electron chi connectivity index (χ1n) is 10.1. The number of hydrogen-bond acceptors (Lipinski definition) is 3. The zero-order chi connectivity index (χ0) is 20.4. The fourth-order valence-electron chi connectivity index (χ4n) is 4.14. The Morgan fingerprint density at radius 3 is 2.41 bits per heavy atom. The lowest BCUT2D eigenvalue weighted by atomic mass is 10.1. The Kier molecular flexibility index (Phi) is 5.51. The van der Waals surface area contributed by atoms with Gasteiger partial charge in [-0.05, 0) is 24.6 Å². The first-order valence-corrected chi connectivity index (χ1v) is 10.1. The van der Waals surface area contributed by atoms with Crippen LogP contribution in [-0.4, -0.2) is 54.3 Å². The van der Waals surface area contributed by atoms with E-state index in [1.54, 1.807) is 17.0 Å². The fraction of sp³-hybridized carbons (Fsp3) is 0.391. The molecule has 2 heterocycles. The summed E-state index contributed by atoms with van der Waals surface area (Å²) in [7, 11) is 0. The number of halogens is 1. The first-order chi connectivity index (χ1) is 14.0. The van der Waals surface area contributed by atoms with Gasteiger partial charge in [0.05, 0.1) is 11.6 Å². The number of aryl methyl sites for hydroxylation is 1. The lowest BCUT2D eigenvalue weighted by Gasteiger charge is -2.37. The lowest BCUT2D eigenvalue weighted by molar-refractivity contribution is -0.136. The molecule has 0 spiro atoms. The van der Waals surface area contributed by atoms with Gasteiger partial charge < -0.3 is 14.7 Å². The Labute approximate surface area is 170 Å². The largest absolute Gasteiger partial charge is 0.366 e. The molecule has 6 heteroatoms. The van der Waals surface area contributed by atoms with Gasteiger partial charge in [-0.25, -0.2) is 4.39 Å². The number of likely N-dealkylation sites (tertiary alicyclic amines) is 1. The van der Waals surface area contributed by atoms with Crippen LogP contribution < -0.4 is 4.90 Å². The number of carbonyl (C=O) groups excluding carboxylic acids is 2. The van der Waals surface area contributed by atoms with Crippen molar-refractivity contribution in [3.05, 3.63) is 65.5 Å². The molecule has 2 saturated heterocycles. The minimum Gasteiger partial charge on any atom is -0.366 e. The van der Waals surface area contributed by atoms with Crippen molar-refractivity contribution in [2.24, 2.45) is 5.92 Å². The number of anilines is 1. The number of amides is 2. The molecule has 0 aromatic heterocycles. The Hall–Kier alpha value is -2.89. The van der Waals surface area contributed by atoms with Gasteiger partial charge in [0, 0.05) is 45.7 Å². The molecule has 2 amide bonds. The second kappa shape index (κ2) is 8.23. The summed E-state index contributed by atoms with van der Waals surface area (Å²) in [5, 5.41) is 0. The second-order valence-electron chi connectivity index (χ2n) is 7.92. The quantitative estimate of drug-likeness (QED) is 0.800. The van der Waals surface area contributed by atoms with E-state index in [1.807, 2.05) is 47.1 Å². The summed E-state index contributed by atoms with van der Waals surface area (Å²) in [5.41, 5.74) is 2.85. The Balaban J connectivity index is 1.33. The molecule has 0 aliphatic carbocycles. The molecule has 1 atom stereocenters. The molecule has 5 nitrogen and oxygen atoms in total. The number of para-hydroxylation sites is 1. The molecular weight excluding hydrogens is 369 g/mol. The van der Waals surface area contributed by atoms with E-state index in [-0.39, 0.29) is 30.0 Å². The molecule has 2 aliphatic rings. The molecule has 2 aromatic rings. The third-order valence-corrected chi connectivity index (χ3v) is 5.84. The van der Waals surface area contributed by atoms with Gasteiger partial charge >= 0.3 is 0 Å². The zero-order valence-electron chi connectivity index (χ0n) is 16.7. The van der Waals surface area contributed by atoms with E-state index in [2.05, 4.69) is 0 Å². The van der Waals surface area contributed by atoms with Gasteiger partial charge in [0.25, 0.3) is 0 Å². The van der Waals surface area contributed by atoms with E-state index in [0.717, 1.165) is 5.56 Å². The Bertz CT molecular complexity index is 891. The van der Waals surface area contributed by atoms with Crippen molar-refractivity contribution >= 4 is 17.5 Å². The van der Waals surface area contributed by atoms with Crippen LogP contribution in [0.25, 0.3) is 0 Å². The molecule has 2 aromatic carbocycles. The molecule has 0 bridgehead atoms. The van der Waals surface area contributed by atoms with Crippen LogP contribution in [0, 0.1) is 18.7 Å². The second-order valence-corrected chi connectivity index (χ2v) is 7.92. The summed E-state index contributed by atoms with van der Waals surface area (Å²) < 4.78 is 14.0. The van der Waals surface area contributed by atoms with Gasteiger partial charge in [0.2, 0.25) is 11.8 Å². The fourth-order valence-corrected chi connectivity index (χ4v) is 4.14. The number of piperazine rings is 1. The average molecular weight is 395 g/mol. The maximum Gasteiger partial charge on any atom is 0.228 e. The number of benzene rings is 2. The molecule has 2 fully saturated rings. The highest BCUT2D eigenvalue weighted by Gasteiger charge is 2.37. The van der Waals surface area contributed by atoms with Crippen LogP contribution in [-0.2, 0) is 16.1 Å². The average Bonchev–Trinajstić information content (AvgIpc) is 3.10. The van der Waals surface area contributed by atoms with Crippen molar-refractivity contribution in [3.8, 4) is 0 Å². The first kappa shape index (κ1) is 19.4. The van der Waals surface area contributed by atoms with Crippen LogP contribution in [0.4, 0.5) is 10.1 Å². The van der Waals surface area contributed by atoms with Crippen LogP contribution in [0.1, 0.15) is 17.5 Å². The van der Waals surface area contributed by atoms with E-state index in [0.29, 0.717) is 45.0 Å². The Morgan fingerprint density at radius 1 is 1.03 bits per heavy atom. The normalized spacial score (nSPS) is 19.7. The van der Waals surface area contributed by atoms with Crippen molar-refractivity contribution in [1.82, 2.24) is 9.80 Å². The summed E-state index contributed by atoms with van der Waals surface area (Å²) in [6.45, 7) is 5.35. The summed E-state index contributed by atoms with van der Waals surface area (Å²) in [5.74, 6) is -0.444. The number of hydrogen-bond donors (Lipinski definition) is 0. The predicted octanol–water partition coefficient (Wildman–Crippen LogP) is 2.83. The molecule has 0 saturated carbocycles. The van der Waals surface area contributed by atoms with Crippen molar-refractivity contribution in [2.45, 2.75) is 19.9 Å². The van der Waals surface area contributed by atoms with Gasteiger partial charge in [-0.3, -0.25) is 9.59 Å². The smallest absolute Gasteiger partial charge is 0.228 e.